The molecular weight excluding hydrogens is 212 g/mol. The third-order valence-corrected chi connectivity index (χ3v) is 4.01. The van der Waals surface area contributed by atoms with Crippen LogP contribution in [-0.4, -0.2) is 50.8 Å². The van der Waals surface area contributed by atoms with E-state index in [9.17, 15) is 0 Å². The van der Waals surface area contributed by atoms with Crippen LogP contribution in [0.4, 0.5) is 0 Å². The quantitative estimate of drug-likeness (QED) is 0.721. The number of nitrogens with one attached hydrogen (secondary N) is 1. The molecule has 2 atom stereocenters. The maximum atomic E-state index is 5.37. The highest BCUT2D eigenvalue weighted by Crippen LogP contribution is 2.22. The Labute approximate surface area is 107 Å². The first-order valence-corrected chi connectivity index (χ1v) is 6.90. The van der Waals surface area contributed by atoms with Gasteiger partial charge in [-0.25, -0.2) is 0 Å². The van der Waals surface area contributed by atoms with Crippen LogP contribution in [0.15, 0.2) is 0 Å². The smallest absolute Gasteiger partial charge is 0.0507 e. The SMILES string of the molecule is CC(N(C)CCNCC1CCOC1)C(C)(C)C. The highest BCUT2D eigenvalue weighted by Gasteiger charge is 2.23. The van der Waals surface area contributed by atoms with E-state index in [1.54, 1.807) is 0 Å². The number of hydrogen-bond acceptors (Lipinski definition) is 3. The van der Waals surface area contributed by atoms with Crippen molar-refractivity contribution < 1.29 is 4.74 Å². The van der Waals surface area contributed by atoms with Gasteiger partial charge in [-0.2, -0.15) is 0 Å². The first-order valence-electron chi connectivity index (χ1n) is 6.90. The molecule has 3 heteroatoms. The van der Waals surface area contributed by atoms with Crippen LogP contribution in [0.3, 0.4) is 0 Å². The molecular formula is C14H30N2O. The summed E-state index contributed by atoms with van der Waals surface area (Å²) in [6, 6.07) is 0.610. The number of hydrogen-bond donors (Lipinski definition) is 1. The van der Waals surface area contributed by atoms with Gasteiger partial charge in [-0.15, -0.1) is 0 Å². The van der Waals surface area contributed by atoms with Crippen LogP contribution < -0.4 is 5.32 Å². The molecule has 1 heterocycles. The summed E-state index contributed by atoms with van der Waals surface area (Å²) >= 11 is 0. The van der Waals surface area contributed by atoms with E-state index in [-0.39, 0.29) is 0 Å². The molecule has 3 nitrogen and oxygen atoms in total. The summed E-state index contributed by atoms with van der Waals surface area (Å²) < 4.78 is 5.37. The zero-order valence-electron chi connectivity index (χ0n) is 12.3. The second-order valence-electron chi connectivity index (χ2n) is 6.46. The maximum absolute atomic E-state index is 5.37. The van der Waals surface area contributed by atoms with Gasteiger partial charge in [0.25, 0.3) is 0 Å². The van der Waals surface area contributed by atoms with Crippen LogP contribution in [0.1, 0.15) is 34.1 Å². The fraction of sp³-hybridized carbons (Fsp3) is 1.00. The monoisotopic (exact) mass is 242 g/mol. The van der Waals surface area contributed by atoms with Gasteiger partial charge >= 0.3 is 0 Å². The lowest BCUT2D eigenvalue weighted by Gasteiger charge is -2.35. The fourth-order valence-corrected chi connectivity index (χ4v) is 2.16. The van der Waals surface area contributed by atoms with Crippen molar-refractivity contribution in [2.45, 2.75) is 40.2 Å². The largest absolute Gasteiger partial charge is 0.381 e. The Hall–Kier alpha value is -0.120. The van der Waals surface area contributed by atoms with E-state index in [1.807, 2.05) is 0 Å². The maximum Gasteiger partial charge on any atom is 0.0507 e. The molecule has 0 amide bonds. The number of likely N-dealkylation sites (N-methyl/N-ethyl adjacent to an activating group) is 1. The molecule has 2 unspecified atom stereocenters. The Bertz CT molecular complexity index is 207. The number of ether oxygens (including phenoxy) is 1. The molecule has 0 bridgehead atoms. The molecule has 17 heavy (non-hydrogen) atoms. The molecule has 1 aliphatic heterocycles. The van der Waals surface area contributed by atoms with Crippen molar-refractivity contribution in [3.63, 3.8) is 0 Å². The van der Waals surface area contributed by atoms with E-state index in [4.69, 9.17) is 4.74 Å². The van der Waals surface area contributed by atoms with Crippen LogP contribution in [0.25, 0.3) is 0 Å². The minimum atomic E-state index is 0.355. The van der Waals surface area contributed by atoms with Crippen LogP contribution in [0, 0.1) is 11.3 Å². The topological polar surface area (TPSA) is 24.5 Å². The zero-order chi connectivity index (χ0) is 12.9. The summed E-state index contributed by atoms with van der Waals surface area (Å²) in [6.45, 7) is 14.4. The summed E-state index contributed by atoms with van der Waals surface area (Å²) in [6.07, 6.45) is 1.22. The second kappa shape index (κ2) is 6.72. The predicted molar refractivity (Wildman–Crippen MR) is 73.3 cm³/mol. The molecule has 0 radical (unpaired) electrons. The van der Waals surface area contributed by atoms with Gasteiger partial charge in [0, 0.05) is 32.3 Å². The van der Waals surface area contributed by atoms with E-state index in [0.717, 1.165) is 38.8 Å². The molecule has 1 rings (SSSR count). The van der Waals surface area contributed by atoms with Crippen molar-refractivity contribution in [3.05, 3.63) is 0 Å². The van der Waals surface area contributed by atoms with Gasteiger partial charge in [-0.05, 0) is 31.7 Å². The third kappa shape index (κ3) is 5.36. The minimum absolute atomic E-state index is 0.355. The zero-order valence-corrected chi connectivity index (χ0v) is 12.3. The molecule has 0 aliphatic carbocycles. The molecule has 1 fully saturated rings. The van der Waals surface area contributed by atoms with Crippen molar-refractivity contribution in [1.29, 1.82) is 0 Å². The van der Waals surface area contributed by atoms with Gasteiger partial charge < -0.3 is 15.0 Å². The van der Waals surface area contributed by atoms with E-state index in [1.165, 1.54) is 6.42 Å². The average Bonchev–Trinajstić information content (AvgIpc) is 2.74. The summed E-state index contributed by atoms with van der Waals surface area (Å²) in [4.78, 5) is 2.44. The van der Waals surface area contributed by atoms with Crippen LogP contribution >= 0.6 is 0 Å². The normalized spacial score (nSPS) is 23.3. The Morgan fingerprint density at radius 3 is 2.65 bits per heavy atom. The molecule has 1 saturated heterocycles. The first-order chi connectivity index (χ1) is 7.91. The second-order valence-corrected chi connectivity index (χ2v) is 6.46. The Kier molecular flexibility index (Phi) is 5.90. The Morgan fingerprint density at radius 2 is 2.12 bits per heavy atom. The van der Waals surface area contributed by atoms with Gasteiger partial charge in [0.2, 0.25) is 0 Å². The van der Waals surface area contributed by atoms with Gasteiger partial charge in [-0.3, -0.25) is 0 Å². The molecule has 1 N–H and O–H groups in total. The number of nitrogens with zero attached hydrogens (tertiary/aromatic N) is 1. The van der Waals surface area contributed by atoms with Crippen LogP contribution in [0.5, 0.6) is 0 Å². The first kappa shape index (κ1) is 14.9. The van der Waals surface area contributed by atoms with E-state index in [0.29, 0.717) is 11.5 Å². The summed E-state index contributed by atoms with van der Waals surface area (Å²) in [7, 11) is 2.22. The lowest BCUT2D eigenvalue weighted by molar-refractivity contribution is 0.141. The molecule has 0 aromatic heterocycles. The van der Waals surface area contributed by atoms with E-state index >= 15 is 0 Å². The fourth-order valence-electron chi connectivity index (χ4n) is 2.16. The van der Waals surface area contributed by atoms with Crippen molar-refractivity contribution >= 4 is 0 Å². The lowest BCUT2D eigenvalue weighted by Crippen LogP contribution is -2.42. The summed E-state index contributed by atoms with van der Waals surface area (Å²) in [5.74, 6) is 0.736. The summed E-state index contributed by atoms with van der Waals surface area (Å²) in [5.41, 5.74) is 0.355. The minimum Gasteiger partial charge on any atom is -0.381 e. The molecule has 1 aliphatic rings. The highest BCUT2D eigenvalue weighted by atomic mass is 16.5. The van der Waals surface area contributed by atoms with Crippen molar-refractivity contribution in [2.24, 2.45) is 11.3 Å². The van der Waals surface area contributed by atoms with Crippen LogP contribution in [0.2, 0.25) is 0 Å². The summed E-state index contributed by atoms with van der Waals surface area (Å²) in [5, 5.41) is 3.54. The number of rotatable bonds is 6. The van der Waals surface area contributed by atoms with Gasteiger partial charge in [0.05, 0.1) is 6.61 Å². The Balaban J connectivity index is 2.09. The molecule has 0 aromatic carbocycles. The molecule has 102 valence electrons. The molecule has 0 saturated carbocycles. The van der Waals surface area contributed by atoms with Crippen molar-refractivity contribution in [1.82, 2.24) is 10.2 Å². The van der Waals surface area contributed by atoms with Gasteiger partial charge in [-0.1, -0.05) is 20.8 Å². The van der Waals surface area contributed by atoms with Crippen molar-refractivity contribution in [2.75, 3.05) is 39.9 Å². The van der Waals surface area contributed by atoms with Crippen molar-refractivity contribution in [3.8, 4) is 0 Å². The highest BCUT2D eigenvalue weighted by molar-refractivity contribution is 4.77. The van der Waals surface area contributed by atoms with Crippen LogP contribution in [-0.2, 0) is 4.74 Å². The molecule has 0 aromatic rings. The van der Waals surface area contributed by atoms with E-state index < -0.39 is 0 Å². The van der Waals surface area contributed by atoms with Gasteiger partial charge in [0.15, 0.2) is 0 Å². The average molecular weight is 242 g/mol. The standard InChI is InChI=1S/C14H30N2O/c1-12(14(2,3)4)16(5)8-7-15-10-13-6-9-17-11-13/h12-13,15H,6-11H2,1-5H3. The Morgan fingerprint density at radius 1 is 1.41 bits per heavy atom. The van der Waals surface area contributed by atoms with E-state index in [2.05, 4.69) is 45.0 Å². The van der Waals surface area contributed by atoms with Gasteiger partial charge in [0.1, 0.15) is 0 Å². The predicted octanol–water partition coefficient (Wildman–Crippen LogP) is 1.98. The third-order valence-electron chi connectivity index (χ3n) is 4.01. The molecule has 0 spiro atoms. The lowest BCUT2D eigenvalue weighted by atomic mass is 9.87.